The maximum absolute atomic E-state index is 12.5. The van der Waals surface area contributed by atoms with Gasteiger partial charge in [0.2, 0.25) is 0 Å². The first kappa shape index (κ1) is 12.6. The lowest BCUT2D eigenvalue weighted by Crippen LogP contribution is -2.57. The van der Waals surface area contributed by atoms with Gasteiger partial charge in [-0.25, -0.2) is 0 Å². The van der Waals surface area contributed by atoms with E-state index < -0.39 is 0 Å². The van der Waals surface area contributed by atoms with E-state index in [2.05, 4.69) is 20.4 Å². The fraction of sp³-hybridized carbons (Fsp3) is 0.467. The first-order valence-corrected chi connectivity index (χ1v) is 7.41. The summed E-state index contributed by atoms with van der Waals surface area (Å²) in [7, 11) is 0. The highest BCUT2D eigenvalue weighted by Crippen LogP contribution is 2.29. The Labute approximate surface area is 122 Å². The van der Waals surface area contributed by atoms with Crippen molar-refractivity contribution in [1.29, 1.82) is 0 Å². The fourth-order valence-electron chi connectivity index (χ4n) is 3.58. The van der Waals surface area contributed by atoms with Crippen molar-refractivity contribution in [2.75, 3.05) is 19.6 Å². The summed E-state index contributed by atoms with van der Waals surface area (Å²) in [6.07, 6.45) is 2.30. The van der Waals surface area contributed by atoms with E-state index in [4.69, 9.17) is 0 Å². The number of hydrogen-bond acceptors (Lipinski definition) is 4. The predicted octanol–water partition coefficient (Wildman–Crippen LogP) is 1.09. The number of carbonyl (C=O) groups excluding carboxylic acids is 1. The highest BCUT2D eigenvalue weighted by atomic mass is 16.3. The Morgan fingerprint density at radius 3 is 2.90 bits per heavy atom. The van der Waals surface area contributed by atoms with Crippen LogP contribution in [0.2, 0.25) is 0 Å². The zero-order chi connectivity index (χ0) is 14.4. The van der Waals surface area contributed by atoms with E-state index in [1.165, 1.54) is 0 Å². The first-order chi connectivity index (χ1) is 10.2. The van der Waals surface area contributed by atoms with Crippen LogP contribution in [-0.4, -0.2) is 51.8 Å². The van der Waals surface area contributed by atoms with Crippen molar-refractivity contribution in [3.63, 3.8) is 0 Å². The number of carbonyl (C=O) groups is 1. The van der Waals surface area contributed by atoms with Gasteiger partial charge in [0.1, 0.15) is 5.75 Å². The molecule has 2 aromatic rings. The number of aromatic nitrogens is 2. The van der Waals surface area contributed by atoms with Gasteiger partial charge in [0.15, 0.2) is 5.69 Å². The van der Waals surface area contributed by atoms with E-state index in [1.54, 1.807) is 18.2 Å². The molecule has 4 heterocycles. The smallest absolute Gasteiger partial charge is 0.272 e. The lowest BCUT2D eigenvalue weighted by Gasteiger charge is -2.44. The molecule has 0 aliphatic carbocycles. The van der Waals surface area contributed by atoms with E-state index in [0.29, 0.717) is 16.8 Å². The molecule has 2 bridgehead atoms. The van der Waals surface area contributed by atoms with Gasteiger partial charge in [-0.15, -0.1) is 0 Å². The number of aromatic hydroxyl groups is 1. The SMILES string of the molecule is O=C(NC1CN2CCC1CC2)c1n[nH]c2cccc(O)c12. The number of fused-ring (bicyclic) bond motifs is 4. The summed E-state index contributed by atoms with van der Waals surface area (Å²) >= 11 is 0. The Bertz CT molecular complexity index is 688. The van der Waals surface area contributed by atoms with Crippen molar-refractivity contribution < 1.29 is 9.90 Å². The third-order valence-electron chi connectivity index (χ3n) is 4.76. The van der Waals surface area contributed by atoms with E-state index in [0.717, 1.165) is 32.5 Å². The number of amides is 1. The maximum atomic E-state index is 12.5. The van der Waals surface area contributed by atoms with Crippen LogP contribution >= 0.6 is 0 Å². The summed E-state index contributed by atoms with van der Waals surface area (Å²) < 4.78 is 0. The van der Waals surface area contributed by atoms with Crippen molar-refractivity contribution in [2.24, 2.45) is 5.92 Å². The maximum Gasteiger partial charge on any atom is 0.272 e. The minimum Gasteiger partial charge on any atom is -0.507 e. The van der Waals surface area contributed by atoms with Crippen LogP contribution in [0.4, 0.5) is 0 Å². The molecule has 6 nitrogen and oxygen atoms in total. The fourth-order valence-corrected chi connectivity index (χ4v) is 3.58. The number of phenols is 1. The van der Waals surface area contributed by atoms with Crippen LogP contribution in [0.1, 0.15) is 23.3 Å². The number of phenolic OH excluding ortho intramolecular Hbond substituents is 1. The molecule has 1 amide bonds. The van der Waals surface area contributed by atoms with Crippen LogP contribution in [0.3, 0.4) is 0 Å². The number of hydrogen-bond donors (Lipinski definition) is 3. The minimum atomic E-state index is -0.207. The first-order valence-electron chi connectivity index (χ1n) is 7.41. The number of rotatable bonds is 2. The number of piperidine rings is 3. The Morgan fingerprint density at radius 1 is 1.38 bits per heavy atom. The monoisotopic (exact) mass is 286 g/mol. The Hall–Kier alpha value is -2.08. The Kier molecular flexibility index (Phi) is 2.85. The zero-order valence-corrected chi connectivity index (χ0v) is 11.7. The van der Waals surface area contributed by atoms with Crippen molar-refractivity contribution in [3.8, 4) is 5.75 Å². The van der Waals surface area contributed by atoms with Crippen LogP contribution in [0.5, 0.6) is 5.75 Å². The molecule has 1 aromatic heterocycles. The van der Waals surface area contributed by atoms with Gasteiger partial charge in [0.25, 0.3) is 5.91 Å². The zero-order valence-electron chi connectivity index (χ0n) is 11.7. The molecule has 1 aromatic carbocycles. The molecule has 3 aliphatic rings. The summed E-state index contributed by atoms with van der Waals surface area (Å²) in [6.45, 7) is 3.21. The Balaban J connectivity index is 1.59. The molecule has 5 rings (SSSR count). The van der Waals surface area contributed by atoms with E-state index in [-0.39, 0.29) is 23.4 Å². The third-order valence-corrected chi connectivity index (χ3v) is 4.76. The van der Waals surface area contributed by atoms with Crippen LogP contribution in [-0.2, 0) is 0 Å². The van der Waals surface area contributed by atoms with E-state index in [9.17, 15) is 9.90 Å². The van der Waals surface area contributed by atoms with Gasteiger partial charge < -0.3 is 15.3 Å². The summed E-state index contributed by atoms with van der Waals surface area (Å²) in [5.41, 5.74) is 0.952. The predicted molar refractivity (Wildman–Crippen MR) is 78.2 cm³/mol. The number of H-pyrrole nitrogens is 1. The van der Waals surface area contributed by atoms with E-state index >= 15 is 0 Å². The molecule has 3 N–H and O–H groups in total. The number of nitrogens with zero attached hydrogens (tertiary/aromatic N) is 2. The summed E-state index contributed by atoms with van der Waals surface area (Å²) in [4.78, 5) is 14.9. The molecule has 6 heteroatoms. The second-order valence-electron chi connectivity index (χ2n) is 5.99. The highest BCUT2D eigenvalue weighted by Gasteiger charge is 2.35. The molecule has 1 unspecified atom stereocenters. The lowest BCUT2D eigenvalue weighted by atomic mass is 9.84. The third kappa shape index (κ3) is 2.06. The summed E-state index contributed by atoms with van der Waals surface area (Å²) in [6, 6.07) is 5.29. The largest absolute Gasteiger partial charge is 0.507 e. The van der Waals surface area contributed by atoms with Gasteiger partial charge in [-0.3, -0.25) is 9.89 Å². The summed E-state index contributed by atoms with van der Waals surface area (Å²) in [5, 5.41) is 20.4. The van der Waals surface area contributed by atoms with Crippen LogP contribution in [0.25, 0.3) is 10.9 Å². The van der Waals surface area contributed by atoms with Crippen LogP contribution in [0.15, 0.2) is 18.2 Å². The van der Waals surface area contributed by atoms with Crippen LogP contribution < -0.4 is 5.32 Å². The van der Waals surface area contributed by atoms with Gasteiger partial charge >= 0.3 is 0 Å². The quantitative estimate of drug-likeness (QED) is 0.772. The van der Waals surface area contributed by atoms with Crippen LogP contribution in [0, 0.1) is 5.92 Å². The van der Waals surface area contributed by atoms with Gasteiger partial charge in [-0.1, -0.05) is 6.07 Å². The molecule has 21 heavy (non-hydrogen) atoms. The minimum absolute atomic E-state index is 0.0836. The molecule has 0 radical (unpaired) electrons. The standard InChI is InChI=1S/C15H18N4O2/c20-12-3-1-2-10-13(12)14(18-17-10)15(21)16-11-8-19-6-4-9(11)5-7-19/h1-3,9,11,20H,4-8H2,(H,16,21)(H,17,18). The molecule has 3 fully saturated rings. The van der Waals surface area contributed by atoms with Crippen molar-refractivity contribution >= 4 is 16.8 Å². The second-order valence-corrected chi connectivity index (χ2v) is 5.99. The topological polar surface area (TPSA) is 81.2 Å². The van der Waals surface area contributed by atoms with Crippen molar-refractivity contribution in [1.82, 2.24) is 20.4 Å². The molecule has 110 valence electrons. The second kappa shape index (κ2) is 4.73. The number of aromatic amines is 1. The van der Waals surface area contributed by atoms with E-state index in [1.807, 2.05) is 0 Å². The average molecular weight is 286 g/mol. The molecule has 0 saturated carbocycles. The lowest BCUT2D eigenvalue weighted by molar-refractivity contribution is 0.0618. The summed E-state index contributed by atoms with van der Waals surface area (Å²) in [5.74, 6) is 0.444. The average Bonchev–Trinajstić information content (AvgIpc) is 2.94. The van der Waals surface area contributed by atoms with Crippen molar-refractivity contribution in [2.45, 2.75) is 18.9 Å². The van der Waals surface area contributed by atoms with Crippen molar-refractivity contribution in [3.05, 3.63) is 23.9 Å². The van der Waals surface area contributed by atoms with Gasteiger partial charge in [0.05, 0.1) is 10.9 Å². The van der Waals surface area contributed by atoms with Gasteiger partial charge in [0, 0.05) is 12.6 Å². The Morgan fingerprint density at radius 2 is 2.19 bits per heavy atom. The number of benzene rings is 1. The molecular weight excluding hydrogens is 268 g/mol. The molecule has 1 atom stereocenters. The van der Waals surface area contributed by atoms with Gasteiger partial charge in [-0.2, -0.15) is 5.10 Å². The molecule has 3 saturated heterocycles. The van der Waals surface area contributed by atoms with Gasteiger partial charge in [-0.05, 0) is 44.0 Å². The molecule has 0 spiro atoms. The molecule has 3 aliphatic heterocycles. The molecular formula is C15H18N4O2. The highest BCUT2D eigenvalue weighted by molar-refractivity contribution is 6.07. The normalized spacial score (nSPS) is 27.9. The number of nitrogens with one attached hydrogen (secondary N) is 2.